The van der Waals surface area contributed by atoms with Gasteiger partial charge in [0, 0.05) is 78.2 Å². The van der Waals surface area contributed by atoms with E-state index in [2.05, 4.69) is 375 Å². The maximum atomic E-state index is 6.46. The van der Waals surface area contributed by atoms with Crippen molar-refractivity contribution < 1.29 is 8.83 Å². The molecule has 0 N–H and O–H groups in total. The van der Waals surface area contributed by atoms with Gasteiger partial charge in [-0.15, -0.1) is 0 Å². The number of hydrogen-bond donors (Lipinski definition) is 0. The highest BCUT2D eigenvalue weighted by molar-refractivity contribution is 6.10. The van der Waals surface area contributed by atoms with Crippen LogP contribution in [0.15, 0.2) is 421 Å². The van der Waals surface area contributed by atoms with Gasteiger partial charge in [0.15, 0.2) is 40.8 Å². The van der Waals surface area contributed by atoms with E-state index in [0.29, 0.717) is 58.6 Å². The lowest BCUT2D eigenvalue weighted by atomic mass is 9.74. The molecule has 131 heavy (non-hydrogen) atoms. The van der Waals surface area contributed by atoms with Crippen LogP contribution in [-0.2, 0) is 16.2 Å². The molecule has 10 nitrogen and oxygen atoms in total. The monoisotopic (exact) mass is 1690 g/mol. The number of rotatable bonds is 12. The molecule has 6 aliphatic carbocycles. The van der Waals surface area contributed by atoms with Gasteiger partial charge in [-0.25, -0.2) is 39.9 Å². The Hall–Kier alpha value is -15.8. The zero-order valence-corrected chi connectivity index (χ0v) is 73.6. The molecule has 14 aromatic carbocycles. The number of benzene rings is 14. The van der Waals surface area contributed by atoms with E-state index in [-0.39, 0.29) is 28.1 Å². The summed E-state index contributed by atoms with van der Waals surface area (Å²) >= 11 is 0. The van der Waals surface area contributed by atoms with E-state index in [1.165, 1.54) is 55.6 Å². The average molecular weight is 1690 g/mol. The smallest absolute Gasteiger partial charge is 0.167 e. The second-order valence-corrected chi connectivity index (χ2v) is 36.8. The maximum Gasteiger partial charge on any atom is 0.167 e. The molecule has 0 amide bonds. The molecule has 6 atom stereocenters. The fourth-order valence-corrected chi connectivity index (χ4v) is 21.5. The topological polar surface area (TPSA) is 129 Å². The zero-order chi connectivity index (χ0) is 88.1. The summed E-state index contributed by atoms with van der Waals surface area (Å²) in [4.78, 5) is 41.4. The summed E-state index contributed by atoms with van der Waals surface area (Å²) in [7, 11) is 0. The Balaban J connectivity index is 0.000000112. The van der Waals surface area contributed by atoms with Gasteiger partial charge < -0.3 is 8.83 Å². The Morgan fingerprint density at radius 1 is 0.206 bits per heavy atom. The van der Waals surface area contributed by atoms with Gasteiger partial charge in [0.1, 0.15) is 22.3 Å². The standard InChI is InChI=1S/C43H34N2.C42H31N3O.C36H27N3O/c1-43(2)37-18-10-9-16-35(37)41-36(17-11-19-38(41)43)42-44-39(33-24-20-31(21-25-33)29-12-5-3-6-13-29)28-40(45-42)34-26-22-32(23-27-34)30-14-7-4-8-15-30;1-42(2)34-22-8-6-18-31(34)37-32(20-12-23-35(37)42)40-43-39(28-16-10-15-27(25-28)26-13-4-3-5-14-26)44-41(45-40)33-21-11-19-30-29-17-7-9-24-36(29)46-38(30)33;1-36(2)28-19-8-6-15-25(28)31-26(17-11-20-29(31)36)34-37-33(22-12-4-3-5-13-22)38-35(39-34)27-18-10-16-24-23-14-7-9-21-30(23)40-32(24)27/h3-28,35,37H,1-2H3;3-25,31,34H,1-2H3;3-21,25,28H,1-2H3. The second kappa shape index (κ2) is 32.5. The molecule has 5 aromatic heterocycles. The highest BCUT2D eigenvalue weighted by Gasteiger charge is 2.49. The molecule has 0 saturated heterocycles. The van der Waals surface area contributed by atoms with Gasteiger partial charge in [-0.05, 0) is 137 Å². The molecule has 19 aromatic rings. The molecule has 0 radical (unpaired) electrons. The predicted octanol–water partition coefficient (Wildman–Crippen LogP) is 30.4. The summed E-state index contributed by atoms with van der Waals surface area (Å²) in [5, 5.41) is 4.27. The molecule has 0 saturated carbocycles. The molecule has 0 bridgehead atoms. The van der Waals surface area contributed by atoms with Crippen molar-refractivity contribution in [3.63, 3.8) is 0 Å². The molecule has 628 valence electrons. The van der Waals surface area contributed by atoms with Crippen molar-refractivity contribution in [2.75, 3.05) is 0 Å². The summed E-state index contributed by atoms with van der Waals surface area (Å²) in [6, 6.07) is 118. The molecule has 5 heterocycles. The van der Waals surface area contributed by atoms with Crippen molar-refractivity contribution in [3.8, 4) is 136 Å². The average Bonchev–Trinajstić information content (AvgIpc) is 1.58. The summed E-state index contributed by atoms with van der Waals surface area (Å²) in [5.41, 5.74) is 29.3. The first kappa shape index (κ1) is 79.8. The number of furan rings is 2. The van der Waals surface area contributed by atoms with Gasteiger partial charge in [-0.1, -0.05) is 418 Å². The molecule has 0 spiro atoms. The third-order valence-corrected chi connectivity index (χ3v) is 28.2. The Morgan fingerprint density at radius 2 is 0.481 bits per heavy atom. The third kappa shape index (κ3) is 14.1. The Morgan fingerprint density at radius 3 is 0.885 bits per heavy atom. The van der Waals surface area contributed by atoms with Gasteiger partial charge >= 0.3 is 0 Å². The van der Waals surface area contributed by atoms with Gasteiger partial charge in [0.25, 0.3) is 0 Å². The van der Waals surface area contributed by atoms with Crippen molar-refractivity contribution >= 4 is 43.9 Å². The van der Waals surface area contributed by atoms with E-state index in [9.17, 15) is 0 Å². The minimum absolute atomic E-state index is 0.00919. The van der Waals surface area contributed by atoms with Crippen molar-refractivity contribution in [2.45, 2.75) is 75.5 Å². The first-order valence-electron chi connectivity index (χ1n) is 45.4. The summed E-state index contributed by atoms with van der Waals surface area (Å²) in [5.74, 6) is 6.67. The number of hydrogen-bond acceptors (Lipinski definition) is 10. The summed E-state index contributed by atoms with van der Waals surface area (Å²) in [6.45, 7) is 14.1. The first-order valence-corrected chi connectivity index (χ1v) is 45.4. The predicted molar refractivity (Wildman–Crippen MR) is 534 cm³/mol. The third-order valence-electron chi connectivity index (χ3n) is 28.2. The van der Waals surface area contributed by atoms with Crippen LogP contribution >= 0.6 is 0 Å². The molecule has 6 unspecified atom stereocenters. The lowest BCUT2D eigenvalue weighted by Gasteiger charge is -2.29. The van der Waals surface area contributed by atoms with Crippen LogP contribution < -0.4 is 0 Å². The van der Waals surface area contributed by atoms with Crippen LogP contribution in [0.5, 0.6) is 0 Å². The number of para-hydroxylation sites is 4. The number of allylic oxidation sites excluding steroid dienone is 12. The number of fused-ring (bicyclic) bond motifs is 15. The SMILES string of the molecule is CC1(C)c2cccc(-c3nc(-c4ccc(-c5ccccc5)cc4)cc(-c4ccc(-c5ccccc5)cc4)n3)c2C2C=CC=CC21.CC1(C)c2cccc(-c3nc(-c4cccc(-c5ccccc5)c4)nc(-c4cccc5c4oc4ccccc45)n3)c2C2C=CC=CC21.CC1(C)c2cccc(-c3nc(-c4ccccc4)nc(-c4cccc5c4oc4ccccc45)n3)c2C2C=CC=CC21. The van der Waals surface area contributed by atoms with Crippen LogP contribution in [-0.4, -0.2) is 39.9 Å². The van der Waals surface area contributed by atoms with Crippen molar-refractivity contribution in [3.05, 3.63) is 446 Å². The van der Waals surface area contributed by atoms with Crippen LogP contribution in [0.2, 0.25) is 0 Å². The molecule has 25 rings (SSSR count). The van der Waals surface area contributed by atoms with Crippen LogP contribution in [0.25, 0.3) is 179 Å². The molecular formula is C121H92N8O2. The molecule has 10 heteroatoms. The molecular weight excluding hydrogens is 1600 g/mol. The van der Waals surface area contributed by atoms with Crippen LogP contribution in [0, 0.1) is 17.8 Å². The summed E-state index contributed by atoms with van der Waals surface area (Å²) in [6.07, 6.45) is 27.2. The fraction of sp³-hybridized carbons (Fsp3) is 0.124. The van der Waals surface area contributed by atoms with E-state index < -0.39 is 0 Å². The fourth-order valence-electron chi connectivity index (χ4n) is 21.5. The molecule has 0 aliphatic heterocycles. The first-order chi connectivity index (χ1) is 64.2. The van der Waals surface area contributed by atoms with Gasteiger partial charge in [0.05, 0.1) is 22.5 Å². The van der Waals surface area contributed by atoms with E-state index in [1.54, 1.807) is 0 Å². The number of nitrogens with zero attached hydrogens (tertiary/aromatic N) is 8. The van der Waals surface area contributed by atoms with Gasteiger partial charge in [-0.2, -0.15) is 0 Å². The Labute approximate surface area is 762 Å². The van der Waals surface area contributed by atoms with Gasteiger partial charge in [-0.3, -0.25) is 0 Å². The quantitative estimate of drug-likeness (QED) is 0.117. The maximum absolute atomic E-state index is 6.46. The lowest BCUT2D eigenvalue weighted by Crippen LogP contribution is -2.24. The second-order valence-electron chi connectivity index (χ2n) is 36.8. The Kier molecular flexibility index (Phi) is 19.8. The van der Waals surface area contributed by atoms with E-state index >= 15 is 0 Å². The van der Waals surface area contributed by atoms with Crippen LogP contribution in [0.3, 0.4) is 0 Å². The highest BCUT2D eigenvalue weighted by Crippen LogP contribution is 2.59. The van der Waals surface area contributed by atoms with Crippen molar-refractivity contribution in [1.29, 1.82) is 0 Å². The van der Waals surface area contributed by atoms with E-state index in [4.69, 9.17) is 48.7 Å². The molecule has 6 aliphatic rings. The van der Waals surface area contributed by atoms with Gasteiger partial charge in [0.2, 0.25) is 0 Å². The normalized spacial score (nSPS) is 18.0. The largest absolute Gasteiger partial charge is 0.455 e. The minimum atomic E-state index is -0.0140. The highest BCUT2D eigenvalue weighted by atomic mass is 16.3. The minimum Gasteiger partial charge on any atom is -0.455 e. The van der Waals surface area contributed by atoms with Crippen LogP contribution in [0.1, 0.15) is 92.7 Å². The van der Waals surface area contributed by atoms with Crippen molar-refractivity contribution in [1.82, 2.24) is 39.9 Å². The molecule has 0 fully saturated rings. The van der Waals surface area contributed by atoms with E-state index in [0.717, 1.165) is 122 Å². The Bertz CT molecular complexity index is 7790. The summed E-state index contributed by atoms with van der Waals surface area (Å²) < 4.78 is 12.8. The lowest BCUT2D eigenvalue weighted by molar-refractivity contribution is 0.394. The number of aromatic nitrogens is 8. The van der Waals surface area contributed by atoms with Crippen molar-refractivity contribution in [2.24, 2.45) is 17.8 Å². The van der Waals surface area contributed by atoms with E-state index in [1.807, 2.05) is 78.9 Å². The zero-order valence-electron chi connectivity index (χ0n) is 73.6. The van der Waals surface area contributed by atoms with Crippen LogP contribution in [0.4, 0.5) is 0 Å².